The fraction of sp³-hybridized carbons (Fsp3) is 0.400. The Morgan fingerprint density at radius 3 is 1.82 bits per heavy atom. The summed E-state index contributed by atoms with van der Waals surface area (Å²) in [5.41, 5.74) is 3.92. The van der Waals surface area contributed by atoms with Gasteiger partial charge in [-0.25, -0.2) is 0 Å². The van der Waals surface area contributed by atoms with E-state index in [-0.39, 0.29) is 6.61 Å². The van der Waals surface area contributed by atoms with Gasteiger partial charge in [0.1, 0.15) is 11.0 Å². The van der Waals surface area contributed by atoms with E-state index in [9.17, 15) is 0 Å². The highest BCUT2D eigenvalue weighted by Gasteiger charge is 2.15. The molecule has 8 heteroatoms. The largest absolute Gasteiger partial charge is 0.396 e. The molecule has 2 heterocycles. The van der Waals surface area contributed by atoms with E-state index < -0.39 is 0 Å². The Bertz CT molecular complexity index is 949. The summed E-state index contributed by atoms with van der Waals surface area (Å²) in [7, 11) is 0. The third kappa shape index (κ3) is 4.18. The molecule has 0 saturated carbocycles. The molecule has 0 bridgehead atoms. The van der Waals surface area contributed by atoms with Crippen LogP contribution in [0.1, 0.15) is 25.7 Å². The molecule has 0 amide bonds. The van der Waals surface area contributed by atoms with Gasteiger partial charge in [-0.05, 0) is 43.5 Å². The van der Waals surface area contributed by atoms with Crippen molar-refractivity contribution < 1.29 is 10.0 Å². The van der Waals surface area contributed by atoms with Crippen molar-refractivity contribution in [2.45, 2.75) is 39.0 Å². The summed E-state index contributed by atoms with van der Waals surface area (Å²) >= 11 is 0. The smallest absolute Gasteiger partial charge is 0.176 e. The summed E-state index contributed by atoms with van der Waals surface area (Å²) < 4.78 is 3.94. The number of para-hydroxylation sites is 2. The van der Waals surface area contributed by atoms with Gasteiger partial charge < -0.3 is 5.11 Å². The Balaban J connectivity index is 1.51. The molecule has 0 spiro atoms. The molecule has 146 valence electrons. The quantitative estimate of drug-likeness (QED) is 0.404. The zero-order chi connectivity index (χ0) is 19.2. The van der Waals surface area contributed by atoms with E-state index in [1.54, 1.807) is 0 Å². The Morgan fingerprint density at radius 1 is 0.714 bits per heavy atom. The van der Waals surface area contributed by atoms with Crippen molar-refractivity contribution in [3.63, 3.8) is 0 Å². The number of nitrogens with zero attached hydrogens (tertiary/aromatic N) is 6. The van der Waals surface area contributed by atoms with Crippen LogP contribution in [-0.2, 0) is 13.3 Å². The molecule has 2 N–H and O–H groups in total. The molecule has 0 unspecified atom stereocenters. The molecule has 0 aliphatic rings. The van der Waals surface area contributed by atoms with Crippen molar-refractivity contribution >= 4 is 22.1 Å². The van der Waals surface area contributed by atoms with Gasteiger partial charge in [-0.2, -0.15) is 9.36 Å². The van der Waals surface area contributed by atoms with Crippen molar-refractivity contribution in [3.05, 3.63) is 48.5 Å². The van der Waals surface area contributed by atoms with E-state index in [1.807, 2.05) is 45.8 Å². The molecule has 0 fully saturated rings. The van der Waals surface area contributed by atoms with E-state index in [0.29, 0.717) is 13.3 Å². The van der Waals surface area contributed by atoms with Crippen LogP contribution < -0.4 is 4.90 Å². The maximum absolute atomic E-state index is 8.98. The number of aromatic nitrogens is 6. The molecular formula is C20H26N7O+. The van der Waals surface area contributed by atoms with Gasteiger partial charge in [-0.15, -0.1) is 10.2 Å². The molecule has 2 aromatic heterocycles. The number of aliphatic hydroxyl groups is 1. The van der Waals surface area contributed by atoms with Gasteiger partial charge in [0.05, 0.1) is 17.6 Å². The van der Waals surface area contributed by atoms with E-state index >= 15 is 0 Å². The lowest BCUT2D eigenvalue weighted by Crippen LogP contribution is -3.10. The molecule has 4 rings (SSSR count). The first-order valence-electron chi connectivity index (χ1n) is 9.86. The Kier molecular flexibility index (Phi) is 5.89. The summed E-state index contributed by atoms with van der Waals surface area (Å²) in [4.78, 5) is 1.34. The average molecular weight is 380 g/mol. The van der Waals surface area contributed by atoms with Crippen LogP contribution in [-0.4, -0.2) is 48.2 Å². The SMILES string of the molecule is OCCCCCC[NH+](Cn1nnc2ccccc21)Cn1nnc2ccccc21. The number of fused-ring (bicyclic) bond motifs is 2. The van der Waals surface area contributed by atoms with Crippen molar-refractivity contribution in [2.75, 3.05) is 13.2 Å². The number of nitrogens with one attached hydrogen (secondary N) is 1. The summed E-state index contributed by atoms with van der Waals surface area (Å²) in [6.45, 7) is 2.70. The number of hydrogen-bond acceptors (Lipinski definition) is 5. The fourth-order valence-corrected chi connectivity index (χ4v) is 3.54. The van der Waals surface area contributed by atoms with Gasteiger partial charge in [0.25, 0.3) is 0 Å². The van der Waals surface area contributed by atoms with Gasteiger partial charge in [-0.1, -0.05) is 41.1 Å². The van der Waals surface area contributed by atoms with Gasteiger partial charge in [0.15, 0.2) is 13.3 Å². The van der Waals surface area contributed by atoms with Crippen LogP contribution >= 0.6 is 0 Å². The van der Waals surface area contributed by atoms with Crippen LogP contribution in [0.5, 0.6) is 0 Å². The number of rotatable bonds is 10. The zero-order valence-electron chi connectivity index (χ0n) is 15.9. The zero-order valence-corrected chi connectivity index (χ0v) is 15.9. The minimum atomic E-state index is 0.270. The maximum Gasteiger partial charge on any atom is 0.176 e. The predicted octanol–water partition coefficient (Wildman–Crippen LogP) is 1.23. The van der Waals surface area contributed by atoms with Crippen molar-refractivity contribution in [1.82, 2.24) is 30.0 Å². The summed E-state index contributed by atoms with van der Waals surface area (Å²) in [6, 6.07) is 16.1. The van der Waals surface area contributed by atoms with Crippen LogP contribution in [0.3, 0.4) is 0 Å². The standard InChI is InChI=1S/C20H25N7O/c28-14-8-2-1-7-13-25(15-26-19-11-5-3-9-17(19)21-23-26)16-27-20-12-6-4-10-18(20)22-24-27/h3-6,9-12,28H,1-2,7-8,13-16H2/p+1. The van der Waals surface area contributed by atoms with Crippen LogP contribution in [0.15, 0.2) is 48.5 Å². The summed E-state index contributed by atoms with van der Waals surface area (Å²) in [5.74, 6) is 0. The topological polar surface area (TPSA) is 86.1 Å². The maximum atomic E-state index is 8.98. The Morgan fingerprint density at radius 2 is 1.25 bits per heavy atom. The van der Waals surface area contributed by atoms with Gasteiger partial charge in [0, 0.05) is 6.61 Å². The number of unbranched alkanes of at least 4 members (excludes halogenated alkanes) is 3. The average Bonchev–Trinajstić information content (AvgIpc) is 3.32. The van der Waals surface area contributed by atoms with E-state index in [1.165, 1.54) is 4.90 Å². The second-order valence-corrected chi connectivity index (χ2v) is 7.11. The summed E-state index contributed by atoms with van der Waals surface area (Å²) in [5, 5.41) is 26.2. The number of hydrogen-bond donors (Lipinski definition) is 2. The summed E-state index contributed by atoms with van der Waals surface area (Å²) in [6.07, 6.45) is 4.13. The van der Waals surface area contributed by atoms with Gasteiger partial charge >= 0.3 is 0 Å². The normalized spacial score (nSPS) is 11.8. The Labute approximate surface area is 163 Å². The molecule has 0 aliphatic carbocycles. The fourth-order valence-electron chi connectivity index (χ4n) is 3.54. The monoisotopic (exact) mass is 380 g/mol. The molecule has 0 radical (unpaired) electrons. The third-order valence-electron chi connectivity index (χ3n) is 5.03. The first kappa shape index (κ1) is 18.5. The highest BCUT2D eigenvalue weighted by Crippen LogP contribution is 2.10. The van der Waals surface area contributed by atoms with Gasteiger partial charge in [-0.3, -0.25) is 4.90 Å². The van der Waals surface area contributed by atoms with Crippen LogP contribution in [0.4, 0.5) is 0 Å². The number of quaternary nitrogens is 1. The van der Waals surface area contributed by atoms with Crippen LogP contribution in [0, 0.1) is 0 Å². The second kappa shape index (κ2) is 8.90. The number of benzene rings is 2. The molecular weight excluding hydrogens is 354 g/mol. The molecule has 2 aromatic carbocycles. The first-order valence-corrected chi connectivity index (χ1v) is 9.86. The Hall–Kier alpha value is -2.84. The lowest BCUT2D eigenvalue weighted by atomic mass is 10.2. The molecule has 0 aliphatic heterocycles. The van der Waals surface area contributed by atoms with Crippen molar-refractivity contribution in [1.29, 1.82) is 0 Å². The highest BCUT2D eigenvalue weighted by molar-refractivity contribution is 5.74. The lowest BCUT2D eigenvalue weighted by molar-refractivity contribution is -0.945. The van der Waals surface area contributed by atoms with Crippen LogP contribution in [0.25, 0.3) is 22.1 Å². The van der Waals surface area contributed by atoms with Gasteiger partial charge in [0.2, 0.25) is 0 Å². The predicted molar refractivity (Wildman–Crippen MR) is 106 cm³/mol. The van der Waals surface area contributed by atoms with E-state index in [4.69, 9.17) is 5.11 Å². The van der Waals surface area contributed by atoms with E-state index in [2.05, 4.69) is 32.8 Å². The van der Waals surface area contributed by atoms with Crippen molar-refractivity contribution in [3.8, 4) is 0 Å². The van der Waals surface area contributed by atoms with Crippen molar-refractivity contribution in [2.24, 2.45) is 0 Å². The minimum absolute atomic E-state index is 0.270. The molecule has 0 atom stereocenters. The van der Waals surface area contributed by atoms with E-state index in [0.717, 1.165) is 54.3 Å². The molecule has 4 aromatic rings. The lowest BCUT2D eigenvalue weighted by Gasteiger charge is -2.19. The minimum Gasteiger partial charge on any atom is -0.396 e. The third-order valence-corrected chi connectivity index (χ3v) is 5.03. The highest BCUT2D eigenvalue weighted by atomic mass is 16.2. The number of aliphatic hydroxyl groups excluding tert-OH is 1. The first-order chi connectivity index (χ1) is 13.8. The second-order valence-electron chi connectivity index (χ2n) is 7.11. The van der Waals surface area contributed by atoms with Crippen LogP contribution in [0.2, 0.25) is 0 Å². The molecule has 28 heavy (non-hydrogen) atoms. The molecule has 8 nitrogen and oxygen atoms in total. The molecule has 0 saturated heterocycles.